The van der Waals surface area contributed by atoms with Crippen LogP contribution in [0.2, 0.25) is 0 Å². The monoisotopic (exact) mass is 493 g/mol. The predicted molar refractivity (Wildman–Crippen MR) is 99.8 cm³/mol. The fraction of sp³-hybridized carbons (Fsp3) is 0.333. The van der Waals surface area contributed by atoms with Gasteiger partial charge >= 0.3 is 0 Å². The van der Waals surface area contributed by atoms with E-state index in [0.717, 1.165) is 6.07 Å². The number of thioether (sulfide) groups is 1. The minimum Gasteiger partial charge on any atom is -0.455 e. The summed E-state index contributed by atoms with van der Waals surface area (Å²) in [6.07, 6.45) is 4.73. The van der Waals surface area contributed by atoms with Crippen LogP contribution < -0.4 is 11.1 Å². The Balaban J connectivity index is 0.00000240. The number of carbonyl (C=O) groups is 1. The molecule has 3 heterocycles. The van der Waals surface area contributed by atoms with Crippen molar-refractivity contribution in [3.05, 3.63) is 53.6 Å². The summed E-state index contributed by atoms with van der Waals surface area (Å²) >= 11 is 1.36. The van der Waals surface area contributed by atoms with Gasteiger partial charge in [-0.3, -0.25) is 9.78 Å². The molecule has 3 atom stereocenters. The molecule has 1 radical (unpaired) electrons. The smallest absolute Gasteiger partial charge is 0.257 e. The SMILES string of the molecule is C[C@H]1OC[C@]2(c3cc(NC(=O)c4cn[c-]cn4)cc(F)c3F)N=C(N)SC[C@H]12.[Y]. The van der Waals surface area contributed by atoms with Crippen molar-refractivity contribution in [2.24, 2.45) is 16.6 Å². The molecule has 1 fully saturated rings. The first-order chi connectivity index (χ1) is 13.4. The number of nitrogens with zero attached hydrogens (tertiary/aromatic N) is 3. The maximum atomic E-state index is 14.8. The maximum Gasteiger partial charge on any atom is 0.257 e. The van der Waals surface area contributed by atoms with Gasteiger partial charge in [-0.1, -0.05) is 18.0 Å². The predicted octanol–water partition coefficient (Wildman–Crippen LogP) is 2.10. The average molecular weight is 493 g/mol. The molecule has 2 aliphatic rings. The molecule has 2 aliphatic heterocycles. The van der Waals surface area contributed by atoms with Crippen LogP contribution in [0.1, 0.15) is 23.0 Å². The molecule has 0 unspecified atom stereocenters. The van der Waals surface area contributed by atoms with E-state index >= 15 is 0 Å². The maximum absolute atomic E-state index is 14.8. The minimum absolute atomic E-state index is 0. The first kappa shape index (κ1) is 22.2. The van der Waals surface area contributed by atoms with Crippen molar-refractivity contribution in [3.63, 3.8) is 0 Å². The standard InChI is InChI=1S/C18H16F2N5O2S.Y/c1-9-12-7-28-17(21)25-18(12,8-27-9)11-4-10(5-13(19)15(11)20)24-16(26)14-6-22-2-3-23-14;/h3-6,9,12H,7-8H2,1H3,(H2,21,25)(H,24,26);/q-1;/t9-,12-,18-;/m1./s1. The van der Waals surface area contributed by atoms with E-state index < -0.39 is 23.1 Å². The third-order valence-corrected chi connectivity index (χ3v) is 5.89. The molecule has 1 aromatic heterocycles. The Hall–Kier alpha value is -1.49. The molecule has 7 nitrogen and oxygen atoms in total. The molecule has 0 bridgehead atoms. The van der Waals surface area contributed by atoms with Gasteiger partial charge in [0.05, 0.1) is 18.4 Å². The average Bonchev–Trinajstić information content (AvgIpc) is 3.02. The molecule has 4 rings (SSSR count). The van der Waals surface area contributed by atoms with Gasteiger partial charge in [-0.05, 0) is 19.2 Å². The van der Waals surface area contributed by atoms with Gasteiger partial charge in [0, 0.05) is 61.7 Å². The van der Waals surface area contributed by atoms with Crippen molar-refractivity contribution < 1.29 is 51.0 Å². The largest absolute Gasteiger partial charge is 0.455 e. The number of ether oxygens (including phenoxy) is 1. The van der Waals surface area contributed by atoms with Gasteiger partial charge < -0.3 is 20.8 Å². The van der Waals surface area contributed by atoms with Crippen LogP contribution in [-0.2, 0) is 43.0 Å². The number of aliphatic imine (C=N–C) groups is 1. The van der Waals surface area contributed by atoms with Crippen LogP contribution in [0.15, 0.2) is 29.5 Å². The van der Waals surface area contributed by atoms with E-state index in [1.807, 2.05) is 6.92 Å². The van der Waals surface area contributed by atoms with Crippen molar-refractivity contribution in [1.82, 2.24) is 9.97 Å². The summed E-state index contributed by atoms with van der Waals surface area (Å²) in [5.74, 6) is -2.34. The Kier molecular flexibility index (Phi) is 6.67. The summed E-state index contributed by atoms with van der Waals surface area (Å²) < 4.78 is 35.0. The second-order valence-electron chi connectivity index (χ2n) is 6.61. The molecule has 0 saturated carbocycles. The van der Waals surface area contributed by atoms with Gasteiger partial charge in [-0.2, -0.15) is 0 Å². The van der Waals surface area contributed by atoms with E-state index in [-0.39, 0.29) is 68.3 Å². The second-order valence-corrected chi connectivity index (χ2v) is 7.65. The molecule has 149 valence electrons. The van der Waals surface area contributed by atoms with E-state index in [1.54, 1.807) is 0 Å². The van der Waals surface area contributed by atoms with Crippen molar-refractivity contribution >= 4 is 28.5 Å². The number of benzene rings is 1. The van der Waals surface area contributed by atoms with E-state index in [9.17, 15) is 13.6 Å². The molecular weight excluding hydrogens is 477 g/mol. The zero-order chi connectivity index (χ0) is 19.9. The van der Waals surface area contributed by atoms with E-state index in [2.05, 4.69) is 26.5 Å². The molecule has 3 N–H and O–H groups in total. The minimum atomic E-state index is -1.14. The number of nitrogens with two attached hydrogens (primary N) is 1. The molecule has 1 aromatic carbocycles. The Morgan fingerprint density at radius 1 is 1.45 bits per heavy atom. The fourth-order valence-corrected chi connectivity index (χ4v) is 4.68. The third-order valence-electron chi connectivity index (χ3n) is 4.97. The number of aromatic nitrogens is 2. The number of carbonyl (C=O) groups excluding carboxylic acids is 1. The van der Waals surface area contributed by atoms with E-state index in [4.69, 9.17) is 10.5 Å². The van der Waals surface area contributed by atoms with Crippen molar-refractivity contribution in [1.29, 1.82) is 0 Å². The Bertz CT molecular complexity index is 965. The van der Waals surface area contributed by atoms with Crippen LogP contribution in [0.25, 0.3) is 0 Å². The number of nitrogens with one attached hydrogen (secondary N) is 1. The van der Waals surface area contributed by atoms with Gasteiger partial charge in [0.1, 0.15) is 5.54 Å². The molecule has 1 saturated heterocycles. The Labute approximate surface area is 195 Å². The summed E-state index contributed by atoms with van der Waals surface area (Å²) in [5.41, 5.74) is 4.87. The molecule has 11 heteroatoms. The topological polar surface area (TPSA) is 102 Å². The van der Waals surface area contributed by atoms with Crippen molar-refractivity contribution in [3.8, 4) is 0 Å². The first-order valence-electron chi connectivity index (χ1n) is 8.49. The zero-order valence-electron chi connectivity index (χ0n) is 15.4. The summed E-state index contributed by atoms with van der Waals surface area (Å²) in [6.45, 7) is 1.95. The quantitative estimate of drug-likeness (QED) is 0.636. The number of amidine groups is 1. The van der Waals surface area contributed by atoms with E-state index in [0.29, 0.717) is 10.9 Å². The number of hydrogen-bond donors (Lipinski definition) is 2. The van der Waals surface area contributed by atoms with Crippen LogP contribution in [0.4, 0.5) is 14.5 Å². The number of amides is 1. The first-order valence-corrected chi connectivity index (χ1v) is 9.48. The van der Waals surface area contributed by atoms with Crippen LogP contribution >= 0.6 is 11.8 Å². The van der Waals surface area contributed by atoms with Gasteiger partial charge in [-0.15, -0.1) is 6.20 Å². The summed E-state index contributed by atoms with van der Waals surface area (Å²) in [4.78, 5) is 24.3. The number of halogens is 2. The van der Waals surface area contributed by atoms with Crippen molar-refractivity contribution in [2.45, 2.75) is 18.6 Å². The fourth-order valence-electron chi connectivity index (χ4n) is 3.55. The van der Waals surface area contributed by atoms with Crippen molar-refractivity contribution in [2.75, 3.05) is 17.7 Å². The number of hydrogen-bond acceptors (Lipinski definition) is 7. The Morgan fingerprint density at radius 3 is 2.97 bits per heavy atom. The van der Waals surface area contributed by atoms with Gasteiger partial charge in [-0.25, -0.2) is 13.8 Å². The second kappa shape index (κ2) is 8.71. The van der Waals surface area contributed by atoms with Gasteiger partial charge in [0.25, 0.3) is 5.91 Å². The molecule has 29 heavy (non-hydrogen) atoms. The molecule has 1 amide bonds. The number of fused-ring (bicyclic) bond motifs is 1. The van der Waals surface area contributed by atoms with Crippen LogP contribution in [0.5, 0.6) is 0 Å². The molecule has 0 aliphatic carbocycles. The summed E-state index contributed by atoms with van der Waals surface area (Å²) in [6, 6.07) is 2.29. The number of rotatable bonds is 3. The molecular formula is C18H16F2N5O2SY-. The van der Waals surface area contributed by atoms with Crippen LogP contribution in [-0.4, -0.2) is 39.5 Å². The van der Waals surface area contributed by atoms with Gasteiger partial charge in [0.2, 0.25) is 0 Å². The van der Waals surface area contributed by atoms with Gasteiger partial charge in [0.15, 0.2) is 16.8 Å². The summed E-state index contributed by atoms with van der Waals surface area (Å²) in [5, 5.41) is 2.81. The molecule has 0 spiro atoms. The Morgan fingerprint density at radius 2 is 2.24 bits per heavy atom. The van der Waals surface area contributed by atoms with E-state index in [1.165, 1.54) is 30.2 Å². The third kappa shape index (κ3) is 4.08. The zero-order valence-corrected chi connectivity index (χ0v) is 19.0. The number of anilines is 1. The normalized spacial score (nSPS) is 25.6. The molecule has 2 aromatic rings. The van der Waals surface area contributed by atoms with Crippen LogP contribution in [0.3, 0.4) is 0 Å². The summed E-state index contributed by atoms with van der Waals surface area (Å²) in [7, 11) is 0. The van der Waals surface area contributed by atoms with Crippen LogP contribution in [0, 0.1) is 23.7 Å².